The zero-order chi connectivity index (χ0) is 27.5. The quantitative estimate of drug-likeness (QED) is 0.468. The predicted octanol–water partition coefficient (Wildman–Crippen LogP) is 4.09. The number of fused-ring (bicyclic) bond motifs is 1. The van der Waals surface area contributed by atoms with E-state index in [0.717, 1.165) is 30.5 Å². The standard InChI is InChI=1S/C28H33FN4O5S/c1-3-38-24-14-17(4-9-23(24)37-2)26(34)31-19-5-7-20(8-6-19)33-27(35)22-15-18(29)16-30-25(22)32(28(33)36)21-10-12-39-13-11-21/h4,9,14-16,19-21H,3,5-8,10-13H2,1-2H3,(H,31,34)/t19-,20+. The number of carbonyl (C=O) groups is 1. The topological polar surface area (TPSA) is 104 Å². The molecule has 1 amide bonds. The Morgan fingerprint density at radius 1 is 1.05 bits per heavy atom. The molecule has 0 unspecified atom stereocenters. The highest BCUT2D eigenvalue weighted by atomic mass is 32.2. The molecule has 2 aromatic heterocycles. The zero-order valence-corrected chi connectivity index (χ0v) is 23.0. The fourth-order valence-electron chi connectivity index (χ4n) is 5.63. The monoisotopic (exact) mass is 556 g/mol. The highest BCUT2D eigenvalue weighted by Gasteiger charge is 2.30. The number of nitrogens with zero attached hydrogens (tertiary/aromatic N) is 3. The summed E-state index contributed by atoms with van der Waals surface area (Å²) >= 11 is 1.84. The second-order valence-electron chi connectivity index (χ2n) is 9.97. The number of nitrogens with one attached hydrogen (secondary N) is 1. The van der Waals surface area contributed by atoms with Crippen molar-refractivity contribution in [3.63, 3.8) is 0 Å². The number of hydrogen-bond acceptors (Lipinski definition) is 7. The molecule has 3 aromatic rings. The number of hydrogen-bond donors (Lipinski definition) is 1. The molecule has 1 N–H and O–H groups in total. The lowest BCUT2D eigenvalue weighted by Crippen LogP contribution is -2.46. The third-order valence-corrected chi connectivity index (χ3v) is 8.65. The van der Waals surface area contributed by atoms with Crippen LogP contribution >= 0.6 is 11.8 Å². The molecular weight excluding hydrogens is 523 g/mol. The predicted molar refractivity (Wildman–Crippen MR) is 149 cm³/mol. The summed E-state index contributed by atoms with van der Waals surface area (Å²) in [5.74, 6) is 2.08. The van der Waals surface area contributed by atoms with Crippen molar-refractivity contribution in [1.82, 2.24) is 19.4 Å². The van der Waals surface area contributed by atoms with Gasteiger partial charge in [-0.05, 0) is 81.2 Å². The minimum absolute atomic E-state index is 0.0761. The molecule has 1 saturated carbocycles. The van der Waals surface area contributed by atoms with Crippen LogP contribution in [0.15, 0.2) is 40.1 Å². The van der Waals surface area contributed by atoms with Gasteiger partial charge in [0.1, 0.15) is 11.5 Å². The second kappa shape index (κ2) is 11.8. The molecule has 2 fully saturated rings. The number of carbonyl (C=O) groups excluding carboxylic acids is 1. The molecule has 9 nitrogen and oxygen atoms in total. The van der Waals surface area contributed by atoms with Gasteiger partial charge >= 0.3 is 5.69 Å². The van der Waals surface area contributed by atoms with E-state index in [0.29, 0.717) is 49.4 Å². The fourth-order valence-corrected chi connectivity index (χ4v) is 6.71. The maximum atomic E-state index is 14.1. The van der Waals surface area contributed by atoms with Gasteiger partial charge in [-0.1, -0.05) is 0 Å². The van der Waals surface area contributed by atoms with Gasteiger partial charge in [-0.2, -0.15) is 11.8 Å². The minimum Gasteiger partial charge on any atom is -0.493 e. The Kier molecular flexibility index (Phi) is 8.25. The molecule has 0 spiro atoms. The van der Waals surface area contributed by atoms with Crippen LogP contribution in [0.1, 0.15) is 67.9 Å². The molecule has 1 aliphatic heterocycles. The van der Waals surface area contributed by atoms with Crippen LogP contribution in [0.4, 0.5) is 4.39 Å². The van der Waals surface area contributed by atoms with Crippen molar-refractivity contribution < 1.29 is 18.7 Å². The van der Waals surface area contributed by atoms with Crippen LogP contribution < -0.4 is 26.0 Å². The number of thioether (sulfide) groups is 1. The highest BCUT2D eigenvalue weighted by Crippen LogP contribution is 2.31. The van der Waals surface area contributed by atoms with Crippen LogP contribution in [0.2, 0.25) is 0 Å². The van der Waals surface area contributed by atoms with Crippen molar-refractivity contribution in [2.45, 2.75) is 63.6 Å². The van der Waals surface area contributed by atoms with Crippen LogP contribution in [0.5, 0.6) is 11.5 Å². The van der Waals surface area contributed by atoms with Crippen molar-refractivity contribution in [3.8, 4) is 11.5 Å². The third-order valence-electron chi connectivity index (χ3n) is 7.60. The van der Waals surface area contributed by atoms with Crippen molar-refractivity contribution in [3.05, 3.63) is 62.7 Å². The number of amides is 1. The molecule has 5 rings (SSSR count). The van der Waals surface area contributed by atoms with E-state index < -0.39 is 11.4 Å². The summed E-state index contributed by atoms with van der Waals surface area (Å²) in [5.41, 5.74) is -0.156. The minimum atomic E-state index is -0.604. The van der Waals surface area contributed by atoms with Gasteiger partial charge < -0.3 is 14.8 Å². The summed E-state index contributed by atoms with van der Waals surface area (Å²) in [5, 5.41) is 3.21. The van der Waals surface area contributed by atoms with Gasteiger partial charge in [0.25, 0.3) is 11.5 Å². The van der Waals surface area contributed by atoms with E-state index in [1.54, 1.807) is 29.9 Å². The van der Waals surface area contributed by atoms with E-state index in [1.807, 2.05) is 18.7 Å². The molecular formula is C28H33FN4O5S. The van der Waals surface area contributed by atoms with Crippen LogP contribution in [0.3, 0.4) is 0 Å². The van der Waals surface area contributed by atoms with E-state index in [9.17, 15) is 18.8 Å². The molecule has 1 saturated heterocycles. The molecule has 11 heteroatoms. The summed E-state index contributed by atoms with van der Waals surface area (Å²) in [4.78, 5) is 44.4. The van der Waals surface area contributed by atoms with E-state index in [-0.39, 0.29) is 40.8 Å². The average molecular weight is 557 g/mol. The molecule has 0 radical (unpaired) electrons. The molecule has 2 aliphatic rings. The Balaban J connectivity index is 1.36. The number of benzene rings is 1. The Morgan fingerprint density at radius 3 is 2.46 bits per heavy atom. The number of rotatable bonds is 7. The van der Waals surface area contributed by atoms with E-state index in [1.165, 1.54) is 10.6 Å². The maximum absolute atomic E-state index is 14.1. The normalized spacial score (nSPS) is 20.1. The number of halogens is 1. The molecule has 0 atom stereocenters. The van der Waals surface area contributed by atoms with Crippen molar-refractivity contribution in [1.29, 1.82) is 0 Å². The van der Waals surface area contributed by atoms with Gasteiger partial charge in [0.15, 0.2) is 11.5 Å². The number of aromatic nitrogens is 3. The van der Waals surface area contributed by atoms with Crippen LogP contribution in [0, 0.1) is 5.82 Å². The van der Waals surface area contributed by atoms with Crippen LogP contribution in [0.25, 0.3) is 11.0 Å². The molecule has 0 bridgehead atoms. The molecule has 1 aliphatic carbocycles. The van der Waals surface area contributed by atoms with E-state index in [4.69, 9.17) is 9.47 Å². The SMILES string of the molecule is CCOc1cc(C(=O)N[C@H]2CC[C@@H](n3c(=O)c4cc(F)cnc4n(C4CCSCC4)c3=O)CC2)ccc1OC. The lowest BCUT2D eigenvalue weighted by molar-refractivity contribution is 0.0921. The van der Waals surface area contributed by atoms with Crippen molar-refractivity contribution in [2.75, 3.05) is 25.2 Å². The van der Waals surface area contributed by atoms with Gasteiger partial charge in [-0.3, -0.25) is 18.7 Å². The highest BCUT2D eigenvalue weighted by molar-refractivity contribution is 7.99. The summed E-state index contributed by atoms with van der Waals surface area (Å²) in [6.07, 6.45) is 4.96. The summed E-state index contributed by atoms with van der Waals surface area (Å²) in [7, 11) is 1.55. The largest absolute Gasteiger partial charge is 0.493 e. The van der Waals surface area contributed by atoms with E-state index >= 15 is 0 Å². The van der Waals surface area contributed by atoms with Gasteiger partial charge in [0.2, 0.25) is 0 Å². The first kappa shape index (κ1) is 27.2. The summed E-state index contributed by atoms with van der Waals surface area (Å²) in [6.45, 7) is 2.31. The smallest absolute Gasteiger partial charge is 0.333 e. The Morgan fingerprint density at radius 2 is 1.77 bits per heavy atom. The zero-order valence-electron chi connectivity index (χ0n) is 22.2. The lowest BCUT2D eigenvalue weighted by atomic mass is 9.90. The Labute approximate surface area is 229 Å². The number of ether oxygens (including phenoxy) is 2. The summed E-state index contributed by atoms with van der Waals surface area (Å²) in [6, 6.07) is 5.74. The van der Waals surface area contributed by atoms with E-state index in [2.05, 4.69) is 10.3 Å². The molecule has 208 valence electrons. The summed E-state index contributed by atoms with van der Waals surface area (Å²) < 4.78 is 27.9. The number of methoxy groups -OCH3 is 1. The second-order valence-corrected chi connectivity index (χ2v) is 11.2. The van der Waals surface area contributed by atoms with Crippen molar-refractivity contribution >= 4 is 28.7 Å². The number of pyridine rings is 1. The molecule has 3 heterocycles. The van der Waals surface area contributed by atoms with Crippen LogP contribution in [-0.2, 0) is 0 Å². The Bertz CT molecular complexity index is 1480. The van der Waals surface area contributed by atoms with Gasteiger partial charge in [0, 0.05) is 23.7 Å². The van der Waals surface area contributed by atoms with Gasteiger partial charge in [-0.15, -0.1) is 0 Å². The van der Waals surface area contributed by atoms with Gasteiger partial charge in [0.05, 0.1) is 25.3 Å². The van der Waals surface area contributed by atoms with Gasteiger partial charge in [-0.25, -0.2) is 14.2 Å². The maximum Gasteiger partial charge on any atom is 0.333 e. The Hall–Kier alpha value is -3.34. The third kappa shape index (κ3) is 5.54. The lowest BCUT2D eigenvalue weighted by Gasteiger charge is -2.31. The first-order valence-corrected chi connectivity index (χ1v) is 14.6. The average Bonchev–Trinajstić information content (AvgIpc) is 2.95. The van der Waals surface area contributed by atoms with Crippen molar-refractivity contribution in [2.24, 2.45) is 0 Å². The van der Waals surface area contributed by atoms with Crippen LogP contribution in [-0.4, -0.2) is 51.3 Å². The first-order chi connectivity index (χ1) is 18.9. The fraction of sp³-hybridized carbons (Fsp3) is 0.500. The first-order valence-electron chi connectivity index (χ1n) is 13.4. The molecule has 1 aromatic carbocycles. The molecule has 39 heavy (non-hydrogen) atoms.